The Kier molecular flexibility index (Phi) is 6.39. The maximum atomic E-state index is 13.6. The van der Waals surface area contributed by atoms with E-state index in [2.05, 4.69) is 0 Å². The number of hydrogen-bond donors (Lipinski definition) is 0. The van der Waals surface area contributed by atoms with Crippen molar-refractivity contribution in [3.63, 3.8) is 0 Å². The minimum Gasteiger partial charge on any atom is -0.454 e. The molecule has 0 unspecified atom stereocenters. The molecule has 0 spiro atoms. The molecule has 1 aliphatic rings. The van der Waals surface area contributed by atoms with Crippen molar-refractivity contribution in [1.29, 1.82) is 0 Å². The Morgan fingerprint density at radius 1 is 0.931 bits per heavy atom. The van der Waals surface area contributed by atoms with E-state index >= 15 is 0 Å². The highest BCUT2D eigenvalue weighted by Gasteiger charge is 2.26. The number of ketones is 1. The number of piperidine rings is 1. The molecule has 0 aliphatic carbocycles. The topological polar surface area (TPSA) is 80.8 Å². The molecule has 0 N–H and O–H groups in total. The Morgan fingerprint density at radius 2 is 1.52 bits per heavy atom. The van der Waals surface area contributed by atoms with Gasteiger partial charge in [0.2, 0.25) is 10.0 Å². The Bertz CT molecular complexity index is 995. The molecule has 2 aromatic rings. The third kappa shape index (κ3) is 4.68. The van der Waals surface area contributed by atoms with E-state index in [0.29, 0.717) is 13.1 Å². The zero-order valence-corrected chi connectivity index (χ0v) is 16.3. The molecule has 29 heavy (non-hydrogen) atoms. The van der Waals surface area contributed by atoms with Gasteiger partial charge in [0.25, 0.3) is 0 Å². The van der Waals surface area contributed by atoms with Gasteiger partial charge in [-0.3, -0.25) is 4.79 Å². The van der Waals surface area contributed by atoms with Crippen molar-refractivity contribution in [3.8, 4) is 0 Å². The van der Waals surface area contributed by atoms with Gasteiger partial charge >= 0.3 is 5.97 Å². The van der Waals surface area contributed by atoms with Gasteiger partial charge < -0.3 is 4.74 Å². The minimum atomic E-state index is -3.62. The number of esters is 1. The third-order valence-corrected chi connectivity index (χ3v) is 6.54. The molecule has 0 amide bonds. The van der Waals surface area contributed by atoms with Crippen LogP contribution < -0.4 is 0 Å². The van der Waals surface area contributed by atoms with Gasteiger partial charge in [0.15, 0.2) is 12.4 Å². The summed E-state index contributed by atoms with van der Waals surface area (Å²) in [5.41, 5.74) is -0.757. The number of sulfonamides is 1. The van der Waals surface area contributed by atoms with Gasteiger partial charge in [0.05, 0.1) is 4.90 Å². The van der Waals surface area contributed by atoms with Crippen LogP contribution in [0.1, 0.15) is 40.0 Å². The summed E-state index contributed by atoms with van der Waals surface area (Å²) in [5.74, 6) is -4.10. The quantitative estimate of drug-likeness (QED) is 0.527. The van der Waals surface area contributed by atoms with Crippen LogP contribution in [-0.2, 0) is 14.8 Å². The Balaban J connectivity index is 1.65. The van der Waals surface area contributed by atoms with E-state index in [1.807, 2.05) is 0 Å². The van der Waals surface area contributed by atoms with Gasteiger partial charge in [-0.25, -0.2) is 22.0 Å². The molecule has 154 valence electrons. The van der Waals surface area contributed by atoms with Gasteiger partial charge in [-0.15, -0.1) is 0 Å². The van der Waals surface area contributed by atoms with Crippen LogP contribution >= 0.6 is 0 Å². The lowest BCUT2D eigenvalue weighted by atomic mass is 10.1. The fraction of sp³-hybridized carbons (Fsp3) is 0.300. The van der Waals surface area contributed by atoms with Crippen LogP contribution in [0.2, 0.25) is 0 Å². The summed E-state index contributed by atoms with van der Waals surface area (Å²) in [6.07, 6.45) is 2.61. The van der Waals surface area contributed by atoms with Gasteiger partial charge in [0, 0.05) is 18.7 Å². The first kappa shape index (κ1) is 21.1. The fourth-order valence-corrected chi connectivity index (χ4v) is 4.56. The monoisotopic (exact) mass is 423 g/mol. The fourth-order valence-electron chi connectivity index (χ4n) is 3.05. The lowest BCUT2D eigenvalue weighted by molar-refractivity contribution is 0.0465. The average Bonchev–Trinajstić information content (AvgIpc) is 2.72. The maximum absolute atomic E-state index is 13.6. The van der Waals surface area contributed by atoms with E-state index in [1.165, 1.54) is 28.6 Å². The molecule has 1 saturated heterocycles. The maximum Gasteiger partial charge on any atom is 0.344 e. The normalized spacial score (nSPS) is 15.1. The molecule has 0 radical (unpaired) electrons. The van der Waals surface area contributed by atoms with Gasteiger partial charge in [-0.1, -0.05) is 12.5 Å². The molecule has 9 heteroatoms. The second-order valence-electron chi connectivity index (χ2n) is 6.59. The molecule has 3 rings (SSSR count). The van der Waals surface area contributed by atoms with E-state index in [-0.39, 0.29) is 10.5 Å². The van der Waals surface area contributed by atoms with Crippen molar-refractivity contribution in [3.05, 3.63) is 65.2 Å². The number of halogens is 2. The second-order valence-corrected chi connectivity index (χ2v) is 8.52. The summed E-state index contributed by atoms with van der Waals surface area (Å²) in [6, 6.07) is 8.18. The number of carbonyl (C=O) groups excluding carboxylic acids is 2. The molecule has 0 aromatic heterocycles. The minimum absolute atomic E-state index is 0.0707. The Morgan fingerprint density at radius 3 is 2.10 bits per heavy atom. The number of ether oxygens (including phenoxy) is 1. The van der Waals surface area contributed by atoms with Crippen LogP contribution in [0.5, 0.6) is 0 Å². The second kappa shape index (κ2) is 8.79. The Labute approximate surface area is 167 Å². The molecule has 0 atom stereocenters. The van der Waals surface area contributed by atoms with Crippen molar-refractivity contribution >= 4 is 21.8 Å². The van der Waals surface area contributed by atoms with Crippen molar-refractivity contribution in [2.45, 2.75) is 24.2 Å². The number of benzene rings is 2. The van der Waals surface area contributed by atoms with Crippen molar-refractivity contribution in [2.24, 2.45) is 0 Å². The zero-order valence-electron chi connectivity index (χ0n) is 15.4. The highest BCUT2D eigenvalue weighted by molar-refractivity contribution is 7.89. The highest BCUT2D eigenvalue weighted by atomic mass is 32.2. The largest absolute Gasteiger partial charge is 0.454 e. The summed E-state index contributed by atoms with van der Waals surface area (Å²) in [5, 5.41) is 0. The smallest absolute Gasteiger partial charge is 0.344 e. The van der Waals surface area contributed by atoms with Crippen molar-refractivity contribution < 1.29 is 31.5 Å². The van der Waals surface area contributed by atoms with Crippen LogP contribution in [0.25, 0.3) is 0 Å². The van der Waals surface area contributed by atoms with E-state index in [1.54, 1.807) is 0 Å². The van der Waals surface area contributed by atoms with E-state index in [9.17, 15) is 26.8 Å². The number of nitrogens with zero attached hydrogens (tertiary/aromatic N) is 1. The number of rotatable bonds is 6. The summed E-state index contributed by atoms with van der Waals surface area (Å²) >= 11 is 0. The Hall–Kier alpha value is -2.65. The molecule has 1 fully saturated rings. The molecule has 1 heterocycles. The molecular weight excluding hydrogens is 404 g/mol. The van der Waals surface area contributed by atoms with Gasteiger partial charge in [-0.05, 0) is 49.2 Å². The summed E-state index contributed by atoms with van der Waals surface area (Å²) in [7, 11) is -3.62. The molecular formula is C20H19F2NO5S. The molecule has 2 aromatic carbocycles. The predicted molar refractivity (Wildman–Crippen MR) is 100 cm³/mol. The number of Topliss-reactive ketones (excluding diaryl/α,β-unsaturated/α-hetero) is 1. The van der Waals surface area contributed by atoms with Crippen LogP contribution in [-0.4, -0.2) is 44.2 Å². The van der Waals surface area contributed by atoms with Crippen molar-refractivity contribution in [2.75, 3.05) is 19.7 Å². The van der Waals surface area contributed by atoms with Crippen LogP contribution in [0.4, 0.5) is 8.78 Å². The first-order chi connectivity index (χ1) is 13.8. The van der Waals surface area contributed by atoms with Crippen molar-refractivity contribution in [1.82, 2.24) is 4.31 Å². The lowest BCUT2D eigenvalue weighted by Gasteiger charge is -2.25. The molecule has 1 aliphatic heterocycles. The van der Waals surface area contributed by atoms with Crippen LogP contribution in [0.3, 0.4) is 0 Å². The third-order valence-electron chi connectivity index (χ3n) is 4.63. The lowest BCUT2D eigenvalue weighted by Crippen LogP contribution is -2.35. The zero-order chi connectivity index (χ0) is 21.0. The van der Waals surface area contributed by atoms with Gasteiger partial charge in [0.1, 0.15) is 17.2 Å². The standard InChI is InChI=1S/C20H19F2NO5S/c21-16-5-4-6-17(22)19(16)20(25)28-13-18(24)14-7-9-15(10-8-14)29(26,27)23-11-2-1-3-12-23/h4-10H,1-3,11-13H2. The van der Waals surface area contributed by atoms with Crippen LogP contribution in [0, 0.1) is 11.6 Å². The molecule has 0 bridgehead atoms. The first-order valence-corrected chi connectivity index (χ1v) is 10.5. The van der Waals surface area contributed by atoms with E-state index in [4.69, 9.17) is 4.74 Å². The van der Waals surface area contributed by atoms with Crippen LogP contribution in [0.15, 0.2) is 47.4 Å². The SMILES string of the molecule is O=C(COC(=O)c1c(F)cccc1F)c1ccc(S(=O)(=O)N2CCCCC2)cc1. The number of hydrogen-bond acceptors (Lipinski definition) is 5. The first-order valence-electron chi connectivity index (χ1n) is 9.05. The van der Waals surface area contributed by atoms with E-state index in [0.717, 1.165) is 37.5 Å². The van der Waals surface area contributed by atoms with E-state index < -0.39 is 45.6 Å². The summed E-state index contributed by atoms with van der Waals surface area (Å²) in [4.78, 5) is 24.1. The van der Waals surface area contributed by atoms with Gasteiger partial charge in [-0.2, -0.15) is 4.31 Å². The predicted octanol–water partition coefficient (Wildman–Crippen LogP) is 3.18. The number of carbonyl (C=O) groups is 2. The average molecular weight is 423 g/mol. The molecule has 0 saturated carbocycles. The molecule has 6 nitrogen and oxygen atoms in total. The highest BCUT2D eigenvalue weighted by Crippen LogP contribution is 2.21. The summed E-state index contributed by atoms with van der Waals surface area (Å²) in [6.45, 7) is 0.196. The summed E-state index contributed by atoms with van der Waals surface area (Å²) < 4.78 is 58.5.